The van der Waals surface area contributed by atoms with Gasteiger partial charge in [-0.2, -0.15) is 0 Å². The summed E-state index contributed by atoms with van der Waals surface area (Å²) in [4.78, 5) is 0. The first-order valence-corrected chi connectivity index (χ1v) is 4.71. The van der Waals surface area contributed by atoms with Crippen molar-refractivity contribution in [2.24, 2.45) is 5.92 Å². The second-order valence-electron chi connectivity index (χ2n) is 3.09. The van der Waals surface area contributed by atoms with Gasteiger partial charge in [0.1, 0.15) is 0 Å². The topological polar surface area (TPSA) is 18.5 Å². The molecule has 1 aliphatic rings. The molecule has 0 aromatic rings. The van der Waals surface area contributed by atoms with Crippen molar-refractivity contribution in [3.63, 3.8) is 0 Å². The average Bonchev–Trinajstić information content (AvgIpc) is 2.01. The Labute approximate surface area is 74.6 Å². The molecule has 0 aromatic heterocycles. The molecule has 0 N–H and O–H groups in total. The molecule has 2 heteroatoms. The molecule has 1 unspecified atom stereocenters. The summed E-state index contributed by atoms with van der Waals surface area (Å²) in [5.74, 6) is 0.653. The molecule has 0 aromatic carbocycles. The molecular weight excluding hydrogens is 152 g/mol. The molecule has 1 atom stereocenters. The minimum absolute atomic E-state index is 0.653. The third kappa shape index (κ3) is 2.95. The number of ether oxygens (including phenoxy) is 2. The summed E-state index contributed by atoms with van der Waals surface area (Å²) in [6.07, 6.45) is 3.44. The van der Waals surface area contributed by atoms with E-state index in [2.05, 4.69) is 6.08 Å². The van der Waals surface area contributed by atoms with Crippen molar-refractivity contribution < 1.29 is 9.47 Å². The molecule has 1 rings (SSSR count). The summed E-state index contributed by atoms with van der Waals surface area (Å²) in [5.41, 5.74) is 1.43. The van der Waals surface area contributed by atoms with Gasteiger partial charge in [-0.05, 0) is 25.8 Å². The SMILES string of the molecule is CCOCC1=CC(COCC)C1. The molecule has 0 amide bonds. The smallest absolute Gasteiger partial charge is 0.0676 e. The molecule has 0 fully saturated rings. The summed E-state index contributed by atoms with van der Waals surface area (Å²) in [6, 6.07) is 0. The van der Waals surface area contributed by atoms with E-state index in [1.165, 1.54) is 12.0 Å². The molecule has 0 spiro atoms. The second-order valence-corrected chi connectivity index (χ2v) is 3.09. The zero-order valence-electron chi connectivity index (χ0n) is 8.01. The minimum Gasteiger partial charge on any atom is -0.381 e. The van der Waals surface area contributed by atoms with Gasteiger partial charge < -0.3 is 9.47 Å². The average molecular weight is 170 g/mol. The minimum atomic E-state index is 0.653. The van der Waals surface area contributed by atoms with Gasteiger partial charge in [-0.15, -0.1) is 0 Å². The Balaban J connectivity index is 2.03. The predicted octanol–water partition coefficient (Wildman–Crippen LogP) is 2.01. The third-order valence-corrected chi connectivity index (χ3v) is 2.02. The van der Waals surface area contributed by atoms with E-state index in [-0.39, 0.29) is 0 Å². The molecular formula is C10H18O2. The Kier molecular flexibility index (Phi) is 4.33. The third-order valence-electron chi connectivity index (χ3n) is 2.02. The highest BCUT2D eigenvalue weighted by atomic mass is 16.5. The monoisotopic (exact) mass is 170 g/mol. The molecule has 0 radical (unpaired) electrons. The second kappa shape index (κ2) is 5.33. The standard InChI is InChI=1S/C10H18O2/c1-3-11-7-9-5-10(6-9)8-12-4-2/h5,9H,3-4,6-8H2,1-2H3. The van der Waals surface area contributed by atoms with Gasteiger partial charge >= 0.3 is 0 Å². The molecule has 0 bridgehead atoms. The lowest BCUT2D eigenvalue weighted by Crippen LogP contribution is -2.19. The predicted molar refractivity (Wildman–Crippen MR) is 49.2 cm³/mol. The van der Waals surface area contributed by atoms with Crippen LogP contribution in [0.4, 0.5) is 0 Å². The quantitative estimate of drug-likeness (QED) is 0.568. The van der Waals surface area contributed by atoms with E-state index in [1.807, 2.05) is 13.8 Å². The van der Waals surface area contributed by atoms with Crippen LogP contribution in [0.15, 0.2) is 11.6 Å². The van der Waals surface area contributed by atoms with E-state index < -0.39 is 0 Å². The van der Waals surface area contributed by atoms with E-state index in [9.17, 15) is 0 Å². The highest BCUT2D eigenvalue weighted by Gasteiger charge is 2.18. The Morgan fingerprint density at radius 2 is 2.00 bits per heavy atom. The summed E-state index contributed by atoms with van der Waals surface area (Å²) in [7, 11) is 0. The Bertz CT molecular complexity index is 152. The molecule has 70 valence electrons. The molecule has 0 saturated heterocycles. The zero-order chi connectivity index (χ0) is 8.81. The molecule has 12 heavy (non-hydrogen) atoms. The maximum atomic E-state index is 5.30. The first-order valence-electron chi connectivity index (χ1n) is 4.71. The van der Waals surface area contributed by atoms with Crippen molar-refractivity contribution in [2.75, 3.05) is 26.4 Å². The van der Waals surface area contributed by atoms with Crippen molar-refractivity contribution in [1.82, 2.24) is 0 Å². The first-order chi connectivity index (χ1) is 5.86. The van der Waals surface area contributed by atoms with Crippen LogP contribution in [0.2, 0.25) is 0 Å². The van der Waals surface area contributed by atoms with Gasteiger partial charge in [0.05, 0.1) is 13.2 Å². The summed E-state index contributed by atoms with van der Waals surface area (Å²) >= 11 is 0. The van der Waals surface area contributed by atoms with Crippen LogP contribution in [0.1, 0.15) is 20.3 Å². The van der Waals surface area contributed by atoms with Crippen LogP contribution in [0.5, 0.6) is 0 Å². The zero-order valence-corrected chi connectivity index (χ0v) is 8.01. The van der Waals surface area contributed by atoms with E-state index in [0.717, 1.165) is 26.4 Å². The summed E-state index contributed by atoms with van der Waals surface area (Å²) in [5, 5.41) is 0. The normalized spacial score (nSPS) is 21.8. The van der Waals surface area contributed by atoms with E-state index in [1.54, 1.807) is 0 Å². The maximum absolute atomic E-state index is 5.30. The molecule has 0 aliphatic heterocycles. The molecule has 0 saturated carbocycles. The van der Waals surface area contributed by atoms with Crippen molar-refractivity contribution in [2.45, 2.75) is 20.3 Å². The number of rotatable bonds is 6. The van der Waals surface area contributed by atoms with Gasteiger partial charge in [-0.1, -0.05) is 6.08 Å². The van der Waals surface area contributed by atoms with Gasteiger partial charge in [-0.25, -0.2) is 0 Å². The van der Waals surface area contributed by atoms with Crippen molar-refractivity contribution >= 4 is 0 Å². The van der Waals surface area contributed by atoms with Gasteiger partial charge in [0.15, 0.2) is 0 Å². The van der Waals surface area contributed by atoms with Crippen LogP contribution in [-0.4, -0.2) is 26.4 Å². The summed E-state index contributed by atoms with van der Waals surface area (Å²) < 4.78 is 10.6. The lowest BCUT2D eigenvalue weighted by Gasteiger charge is -2.24. The van der Waals surface area contributed by atoms with E-state index >= 15 is 0 Å². The van der Waals surface area contributed by atoms with Crippen molar-refractivity contribution in [1.29, 1.82) is 0 Å². The highest BCUT2D eigenvalue weighted by molar-refractivity contribution is 5.17. The fraction of sp³-hybridized carbons (Fsp3) is 0.800. The Morgan fingerprint density at radius 3 is 2.58 bits per heavy atom. The number of hydrogen-bond acceptors (Lipinski definition) is 2. The van der Waals surface area contributed by atoms with Gasteiger partial charge in [0.2, 0.25) is 0 Å². The van der Waals surface area contributed by atoms with Crippen LogP contribution in [0.3, 0.4) is 0 Å². The van der Waals surface area contributed by atoms with Crippen LogP contribution in [0, 0.1) is 5.92 Å². The van der Waals surface area contributed by atoms with Gasteiger partial charge in [-0.3, -0.25) is 0 Å². The fourth-order valence-corrected chi connectivity index (χ4v) is 1.35. The Morgan fingerprint density at radius 1 is 1.33 bits per heavy atom. The van der Waals surface area contributed by atoms with Crippen molar-refractivity contribution in [3.05, 3.63) is 11.6 Å². The molecule has 1 aliphatic carbocycles. The first kappa shape index (κ1) is 9.75. The maximum Gasteiger partial charge on any atom is 0.0676 e. The van der Waals surface area contributed by atoms with Crippen LogP contribution in [0.25, 0.3) is 0 Å². The van der Waals surface area contributed by atoms with Gasteiger partial charge in [0.25, 0.3) is 0 Å². The highest BCUT2D eigenvalue weighted by Crippen LogP contribution is 2.25. The van der Waals surface area contributed by atoms with Crippen LogP contribution in [-0.2, 0) is 9.47 Å². The number of hydrogen-bond donors (Lipinski definition) is 0. The Hall–Kier alpha value is -0.340. The largest absolute Gasteiger partial charge is 0.381 e. The van der Waals surface area contributed by atoms with Crippen LogP contribution < -0.4 is 0 Å². The lowest BCUT2D eigenvalue weighted by molar-refractivity contribution is 0.111. The van der Waals surface area contributed by atoms with Crippen molar-refractivity contribution in [3.8, 4) is 0 Å². The lowest BCUT2D eigenvalue weighted by atomic mass is 9.88. The molecule has 0 heterocycles. The fourth-order valence-electron chi connectivity index (χ4n) is 1.35. The molecule has 2 nitrogen and oxygen atoms in total. The van der Waals surface area contributed by atoms with E-state index in [0.29, 0.717) is 5.92 Å². The van der Waals surface area contributed by atoms with Crippen LogP contribution >= 0.6 is 0 Å². The van der Waals surface area contributed by atoms with Gasteiger partial charge in [0, 0.05) is 19.1 Å². The van der Waals surface area contributed by atoms with E-state index in [4.69, 9.17) is 9.47 Å². The summed E-state index contributed by atoms with van der Waals surface area (Å²) in [6.45, 7) is 7.39.